The van der Waals surface area contributed by atoms with Crippen LogP contribution in [0.3, 0.4) is 0 Å². The lowest BCUT2D eigenvalue weighted by Crippen LogP contribution is -2.37. The Morgan fingerprint density at radius 3 is 2.53 bits per heavy atom. The monoisotopic (exact) mass is 465 g/mol. The summed E-state index contributed by atoms with van der Waals surface area (Å²) in [7, 11) is 1.18. The summed E-state index contributed by atoms with van der Waals surface area (Å²) in [6, 6.07) is 12.1. The highest BCUT2D eigenvalue weighted by Crippen LogP contribution is 2.59. The highest BCUT2D eigenvalue weighted by atomic mass is 16.6. The first-order chi connectivity index (χ1) is 16.0. The maximum absolute atomic E-state index is 12.4. The van der Waals surface area contributed by atoms with Gasteiger partial charge < -0.3 is 14.4 Å². The van der Waals surface area contributed by atoms with E-state index in [1.54, 1.807) is 11.0 Å². The number of para-hydroxylation sites is 1. The third kappa shape index (κ3) is 4.50. The highest BCUT2D eigenvalue weighted by molar-refractivity contribution is 5.99. The van der Waals surface area contributed by atoms with Gasteiger partial charge in [-0.05, 0) is 62.9 Å². The molecule has 0 N–H and O–H groups in total. The Labute approximate surface area is 197 Å². The molecule has 2 aliphatic rings. The zero-order valence-electron chi connectivity index (χ0n) is 19.6. The van der Waals surface area contributed by atoms with Crippen LogP contribution in [0.1, 0.15) is 48.7 Å². The average Bonchev–Trinajstić information content (AvgIpc) is 3.36. The lowest BCUT2D eigenvalue weighted by Gasteiger charge is -2.26. The van der Waals surface area contributed by atoms with Crippen molar-refractivity contribution in [2.24, 2.45) is 10.9 Å². The van der Waals surface area contributed by atoms with Crippen LogP contribution in [0.5, 0.6) is 0 Å². The number of piperidine rings is 1. The zero-order chi connectivity index (χ0) is 24.7. The van der Waals surface area contributed by atoms with E-state index in [1.165, 1.54) is 25.5 Å². The van der Waals surface area contributed by atoms with E-state index in [9.17, 15) is 19.7 Å². The fraction of sp³-hybridized carbons (Fsp3) is 0.400. The van der Waals surface area contributed by atoms with Gasteiger partial charge >= 0.3 is 12.1 Å². The van der Waals surface area contributed by atoms with E-state index in [1.807, 2.05) is 45.0 Å². The minimum atomic E-state index is -0.776. The summed E-state index contributed by atoms with van der Waals surface area (Å²) >= 11 is 0. The molecule has 1 saturated carbocycles. The number of amides is 1. The molecule has 2 fully saturated rings. The van der Waals surface area contributed by atoms with Gasteiger partial charge in [0.05, 0.1) is 23.3 Å². The van der Waals surface area contributed by atoms with Gasteiger partial charge in [0.2, 0.25) is 0 Å². The van der Waals surface area contributed by atoms with Gasteiger partial charge in [-0.3, -0.25) is 15.1 Å². The first-order valence-corrected chi connectivity index (χ1v) is 11.0. The van der Waals surface area contributed by atoms with E-state index in [4.69, 9.17) is 4.74 Å². The van der Waals surface area contributed by atoms with Crippen LogP contribution in [-0.2, 0) is 14.9 Å². The van der Waals surface area contributed by atoms with Crippen molar-refractivity contribution in [2.75, 3.05) is 20.2 Å². The van der Waals surface area contributed by atoms with Crippen molar-refractivity contribution in [1.29, 1.82) is 0 Å². The molecule has 0 bridgehead atoms. The largest absolute Gasteiger partial charge is 0.465 e. The number of carbonyl (C=O) groups excluding carboxylic acids is 2. The second-order valence-electron chi connectivity index (χ2n) is 9.72. The Kier molecular flexibility index (Phi) is 5.89. The van der Waals surface area contributed by atoms with Gasteiger partial charge in [0, 0.05) is 24.7 Å². The molecule has 34 heavy (non-hydrogen) atoms. The molecule has 1 aliphatic heterocycles. The molecule has 2 aromatic rings. The third-order valence-electron chi connectivity index (χ3n) is 6.25. The molecule has 4 rings (SSSR count). The van der Waals surface area contributed by atoms with E-state index in [0.717, 1.165) is 12.0 Å². The number of fused-ring (bicyclic) bond motifs is 1. The molecule has 0 spiro atoms. The Morgan fingerprint density at radius 1 is 1.21 bits per heavy atom. The van der Waals surface area contributed by atoms with Crippen LogP contribution in [0.2, 0.25) is 0 Å². The number of nitro benzene ring substituents is 1. The first-order valence-electron chi connectivity index (χ1n) is 11.0. The van der Waals surface area contributed by atoms with Crippen molar-refractivity contribution in [3.05, 3.63) is 69.3 Å². The number of ether oxygens (including phenoxy) is 2. The van der Waals surface area contributed by atoms with Gasteiger partial charge in [0.15, 0.2) is 0 Å². The van der Waals surface area contributed by atoms with Gasteiger partial charge in [0.25, 0.3) is 5.69 Å². The molecule has 178 valence electrons. The van der Waals surface area contributed by atoms with Crippen LogP contribution < -0.4 is 0 Å². The van der Waals surface area contributed by atoms with Crippen LogP contribution in [0.25, 0.3) is 0 Å². The molecule has 0 aromatic heterocycles. The number of hydrogen-bond donors (Lipinski definition) is 0. The Hall–Kier alpha value is -3.75. The molecule has 9 heteroatoms. The first kappa shape index (κ1) is 23.4. The Balaban J connectivity index is 1.49. The van der Waals surface area contributed by atoms with Gasteiger partial charge in [-0.2, -0.15) is 0 Å². The molecule has 0 radical (unpaired) electrons. The molecule has 9 nitrogen and oxygen atoms in total. The smallest absolute Gasteiger partial charge is 0.410 e. The van der Waals surface area contributed by atoms with Gasteiger partial charge in [0.1, 0.15) is 11.2 Å². The minimum absolute atomic E-state index is 0.0488. The molecular formula is C25H27N3O6. The number of nitro groups is 1. The summed E-state index contributed by atoms with van der Waals surface area (Å²) in [5.74, 6) is -0.361. The molecular weight excluding hydrogens is 438 g/mol. The van der Waals surface area contributed by atoms with Crippen molar-refractivity contribution in [3.8, 4) is 0 Å². The molecule has 1 heterocycles. The van der Waals surface area contributed by atoms with Crippen molar-refractivity contribution in [2.45, 2.75) is 38.2 Å². The molecule has 1 amide bonds. The summed E-state index contributed by atoms with van der Waals surface area (Å²) in [5.41, 5.74) is 0.929. The van der Waals surface area contributed by atoms with Crippen LogP contribution in [0.4, 0.5) is 16.2 Å². The number of carbonyl (C=O) groups is 2. The number of likely N-dealkylation sites (tertiary alicyclic amines) is 1. The second kappa shape index (κ2) is 8.55. The van der Waals surface area contributed by atoms with Crippen molar-refractivity contribution in [1.82, 2.24) is 4.90 Å². The van der Waals surface area contributed by atoms with E-state index < -0.39 is 16.5 Å². The molecule has 1 saturated heterocycles. The predicted octanol–water partition coefficient (Wildman–Crippen LogP) is 4.64. The normalized spacial score (nSPS) is 21.3. The number of esters is 1. The highest BCUT2D eigenvalue weighted by Gasteiger charge is 2.62. The summed E-state index contributed by atoms with van der Waals surface area (Å²) in [4.78, 5) is 41.4. The van der Waals surface area contributed by atoms with Crippen LogP contribution in [-0.4, -0.2) is 53.9 Å². The zero-order valence-corrected chi connectivity index (χ0v) is 19.6. The molecule has 1 aliphatic carbocycles. The van der Waals surface area contributed by atoms with Crippen molar-refractivity contribution < 1.29 is 24.0 Å². The van der Waals surface area contributed by atoms with Crippen LogP contribution in [0.15, 0.2) is 47.5 Å². The third-order valence-corrected chi connectivity index (χ3v) is 6.25. The topological polar surface area (TPSA) is 111 Å². The van der Waals surface area contributed by atoms with E-state index in [2.05, 4.69) is 9.73 Å². The van der Waals surface area contributed by atoms with E-state index in [-0.39, 0.29) is 28.3 Å². The maximum Gasteiger partial charge on any atom is 0.410 e. The Bertz CT molecular complexity index is 1170. The fourth-order valence-electron chi connectivity index (χ4n) is 4.56. The lowest BCUT2D eigenvalue weighted by molar-refractivity contribution is -0.385. The minimum Gasteiger partial charge on any atom is -0.465 e. The number of benzene rings is 2. The molecule has 2 unspecified atom stereocenters. The van der Waals surface area contributed by atoms with Gasteiger partial charge in [-0.25, -0.2) is 9.59 Å². The quantitative estimate of drug-likeness (QED) is 0.275. The number of rotatable bonds is 5. The number of methoxy groups -OCH3 is 1. The number of hydrogen-bond acceptors (Lipinski definition) is 7. The predicted molar refractivity (Wildman–Crippen MR) is 126 cm³/mol. The van der Waals surface area contributed by atoms with Crippen LogP contribution >= 0.6 is 0 Å². The molecule has 2 atom stereocenters. The summed E-state index contributed by atoms with van der Waals surface area (Å²) in [5, 5.41) is 11.6. The lowest BCUT2D eigenvalue weighted by atomic mass is 9.95. The Morgan fingerprint density at radius 2 is 1.91 bits per heavy atom. The number of aliphatic imine (C=N–C) groups is 1. The van der Waals surface area contributed by atoms with Gasteiger partial charge in [-0.1, -0.05) is 18.2 Å². The summed E-state index contributed by atoms with van der Waals surface area (Å²) in [6.45, 7) is 6.89. The van der Waals surface area contributed by atoms with Crippen molar-refractivity contribution >= 4 is 29.7 Å². The van der Waals surface area contributed by atoms with E-state index >= 15 is 0 Å². The SMILES string of the molecule is COC(=O)c1cccc(C=Nc2ccc(C34CC3CN(C(=O)OC(C)(C)C)C4)cc2)c1[N+](=O)[O-]. The van der Waals surface area contributed by atoms with E-state index in [0.29, 0.717) is 24.7 Å². The molecule has 2 aromatic carbocycles. The fourth-order valence-corrected chi connectivity index (χ4v) is 4.56. The average molecular weight is 466 g/mol. The standard InChI is InChI=1S/C25H27N3O6/c1-24(2,3)34-23(30)27-14-18-12-25(18,15-27)17-8-10-19(11-9-17)26-13-16-6-5-7-20(22(29)33-4)21(16)28(31)32/h5-11,13,18H,12,14-15H2,1-4H3. The summed E-state index contributed by atoms with van der Waals surface area (Å²) < 4.78 is 10.2. The van der Waals surface area contributed by atoms with Crippen molar-refractivity contribution in [3.63, 3.8) is 0 Å². The second-order valence-corrected chi connectivity index (χ2v) is 9.72. The van der Waals surface area contributed by atoms with Gasteiger partial charge in [-0.15, -0.1) is 0 Å². The van der Waals surface area contributed by atoms with Crippen LogP contribution in [0, 0.1) is 16.0 Å². The maximum atomic E-state index is 12.4. The summed E-state index contributed by atoms with van der Waals surface area (Å²) in [6.07, 6.45) is 2.12. The number of nitrogens with zero attached hydrogens (tertiary/aromatic N) is 3.